The van der Waals surface area contributed by atoms with E-state index >= 15 is 0 Å². The third kappa shape index (κ3) is 4.99. The highest BCUT2D eigenvalue weighted by Gasteiger charge is 2.22. The van der Waals surface area contributed by atoms with Gasteiger partial charge in [-0.05, 0) is 32.3 Å². The van der Waals surface area contributed by atoms with Crippen LogP contribution in [0.3, 0.4) is 0 Å². The molecule has 0 unspecified atom stereocenters. The van der Waals surface area contributed by atoms with Crippen molar-refractivity contribution in [2.45, 2.75) is 32.7 Å². The molecule has 0 aromatic heterocycles. The summed E-state index contributed by atoms with van der Waals surface area (Å²) in [5.41, 5.74) is 1.27. The molecule has 1 aliphatic rings. The Morgan fingerprint density at radius 1 is 1.53 bits per heavy atom. The van der Waals surface area contributed by atoms with Crippen molar-refractivity contribution < 1.29 is 19.4 Å². The normalized spacial score (nSPS) is 16.5. The van der Waals surface area contributed by atoms with Crippen LogP contribution in [0.2, 0.25) is 0 Å². The lowest BCUT2D eigenvalue weighted by molar-refractivity contribution is -0.139. The van der Waals surface area contributed by atoms with Crippen molar-refractivity contribution >= 4 is 11.9 Å². The predicted octanol–water partition coefficient (Wildman–Crippen LogP) is 1.77. The number of hydrogen-bond donors (Lipinski definition) is 2. The van der Waals surface area contributed by atoms with Crippen molar-refractivity contribution in [1.29, 1.82) is 0 Å². The Balaban J connectivity index is 2.71. The van der Waals surface area contributed by atoms with Gasteiger partial charge in [0.2, 0.25) is 0 Å². The third-order valence-electron chi connectivity index (χ3n) is 2.65. The number of esters is 1. The first-order valence-electron chi connectivity index (χ1n) is 6.23. The number of nitrogens with one attached hydrogen (secondary N) is 1. The molecule has 2 N–H and O–H groups in total. The van der Waals surface area contributed by atoms with E-state index < -0.39 is 18.0 Å². The van der Waals surface area contributed by atoms with Crippen LogP contribution in [0.5, 0.6) is 0 Å². The average Bonchev–Trinajstić information content (AvgIpc) is 2.37. The second-order valence-corrected chi connectivity index (χ2v) is 4.19. The minimum Gasteiger partial charge on any atom is -0.479 e. The van der Waals surface area contributed by atoms with Gasteiger partial charge in [0.15, 0.2) is 0 Å². The highest BCUT2D eigenvalue weighted by molar-refractivity contribution is 5.83. The Morgan fingerprint density at radius 3 is 2.79 bits per heavy atom. The molecule has 1 aliphatic carbocycles. The number of aliphatic carboxylic acids is 1. The van der Waals surface area contributed by atoms with Crippen molar-refractivity contribution in [2.75, 3.05) is 6.61 Å². The minimum atomic E-state index is -0.960. The maximum atomic E-state index is 11.3. The quantitative estimate of drug-likeness (QED) is 0.435. The largest absolute Gasteiger partial charge is 0.479 e. The first-order chi connectivity index (χ1) is 9.04. The van der Waals surface area contributed by atoms with Crippen LogP contribution < -0.4 is 5.32 Å². The second-order valence-electron chi connectivity index (χ2n) is 4.19. The fourth-order valence-electron chi connectivity index (χ4n) is 1.80. The second kappa shape index (κ2) is 7.41. The summed E-state index contributed by atoms with van der Waals surface area (Å²) >= 11 is 0. The van der Waals surface area contributed by atoms with Crippen LogP contribution in [0.4, 0.5) is 0 Å². The molecule has 0 amide bonds. The zero-order chi connectivity index (χ0) is 14.3. The van der Waals surface area contributed by atoms with Crippen molar-refractivity contribution in [1.82, 2.24) is 5.32 Å². The molecule has 19 heavy (non-hydrogen) atoms. The maximum Gasteiger partial charge on any atom is 0.332 e. The molecule has 0 fully saturated rings. The smallest absolute Gasteiger partial charge is 0.332 e. The molecule has 0 radical (unpaired) electrons. The van der Waals surface area contributed by atoms with E-state index in [1.54, 1.807) is 13.8 Å². The van der Waals surface area contributed by atoms with Gasteiger partial charge in [-0.1, -0.05) is 18.2 Å². The van der Waals surface area contributed by atoms with E-state index in [2.05, 4.69) is 5.32 Å². The van der Waals surface area contributed by atoms with Crippen LogP contribution in [-0.4, -0.2) is 29.7 Å². The van der Waals surface area contributed by atoms with Gasteiger partial charge in [-0.15, -0.1) is 0 Å². The van der Waals surface area contributed by atoms with Crippen LogP contribution in [0.25, 0.3) is 0 Å². The fraction of sp³-hybridized carbons (Fsp3) is 0.429. The van der Waals surface area contributed by atoms with E-state index in [9.17, 15) is 14.7 Å². The van der Waals surface area contributed by atoms with Crippen LogP contribution in [0.1, 0.15) is 26.7 Å². The van der Waals surface area contributed by atoms with Gasteiger partial charge in [0.1, 0.15) is 6.04 Å². The van der Waals surface area contributed by atoms with Crippen LogP contribution in [0, 0.1) is 0 Å². The van der Waals surface area contributed by atoms with Crippen LogP contribution >= 0.6 is 0 Å². The summed E-state index contributed by atoms with van der Waals surface area (Å²) in [5, 5.41) is 12.1. The summed E-state index contributed by atoms with van der Waals surface area (Å²) in [7, 11) is 0. The van der Waals surface area contributed by atoms with E-state index in [-0.39, 0.29) is 0 Å². The zero-order valence-electron chi connectivity index (χ0n) is 11.2. The molecule has 0 saturated carbocycles. The number of rotatable bonds is 6. The SMILES string of the molecule is CCOC(=O)C=C(C)N[C@@H](C(=O)O)C1=CCC=CC1. The molecule has 104 valence electrons. The molecular weight excluding hydrogens is 246 g/mol. The average molecular weight is 265 g/mol. The van der Waals surface area contributed by atoms with Gasteiger partial charge in [-0.25, -0.2) is 9.59 Å². The van der Waals surface area contributed by atoms with Gasteiger partial charge in [-0.2, -0.15) is 0 Å². The van der Waals surface area contributed by atoms with E-state index in [1.807, 2.05) is 18.2 Å². The molecule has 5 heteroatoms. The van der Waals surface area contributed by atoms with Gasteiger partial charge < -0.3 is 15.2 Å². The number of allylic oxidation sites excluding steroid dienone is 4. The monoisotopic (exact) mass is 265 g/mol. The van der Waals surface area contributed by atoms with Crippen LogP contribution in [-0.2, 0) is 14.3 Å². The molecular formula is C14H19NO4. The number of ether oxygens (including phenoxy) is 1. The Hall–Kier alpha value is -2.04. The Morgan fingerprint density at radius 2 is 2.26 bits per heavy atom. The Labute approximate surface area is 112 Å². The summed E-state index contributed by atoms with van der Waals surface area (Å²) in [4.78, 5) is 22.5. The van der Waals surface area contributed by atoms with Gasteiger partial charge in [0.25, 0.3) is 0 Å². The lowest BCUT2D eigenvalue weighted by Gasteiger charge is -2.20. The van der Waals surface area contributed by atoms with E-state index in [0.29, 0.717) is 18.7 Å². The molecule has 0 aromatic rings. The lowest BCUT2D eigenvalue weighted by atomic mass is 9.98. The van der Waals surface area contributed by atoms with Crippen molar-refractivity contribution in [3.63, 3.8) is 0 Å². The number of carbonyl (C=O) groups is 2. The molecule has 1 rings (SSSR count). The van der Waals surface area contributed by atoms with Gasteiger partial charge in [0.05, 0.1) is 6.61 Å². The maximum absolute atomic E-state index is 11.3. The first kappa shape index (κ1) is 15.0. The molecule has 0 saturated heterocycles. The summed E-state index contributed by atoms with van der Waals surface area (Å²) in [5.74, 6) is -1.44. The Bertz CT molecular complexity index is 435. The summed E-state index contributed by atoms with van der Waals surface area (Å²) in [6.07, 6.45) is 8.43. The molecule has 0 heterocycles. The number of carboxylic acids is 1. The van der Waals surface area contributed by atoms with E-state index in [1.165, 1.54) is 6.08 Å². The molecule has 0 spiro atoms. The highest BCUT2D eigenvalue weighted by atomic mass is 16.5. The molecule has 0 aromatic carbocycles. The number of carbonyl (C=O) groups excluding carboxylic acids is 1. The lowest BCUT2D eigenvalue weighted by Crippen LogP contribution is -2.37. The molecule has 1 atom stereocenters. The highest BCUT2D eigenvalue weighted by Crippen LogP contribution is 2.16. The zero-order valence-corrected chi connectivity index (χ0v) is 11.2. The van der Waals surface area contributed by atoms with Crippen molar-refractivity contribution in [2.24, 2.45) is 0 Å². The van der Waals surface area contributed by atoms with Gasteiger partial charge >= 0.3 is 11.9 Å². The van der Waals surface area contributed by atoms with E-state index in [4.69, 9.17) is 4.74 Å². The predicted molar refractivity (Wildman–Crippen MR) is 71.4 cm³/mol. The van der Waals surface area contributed by atoms with E-state index in [0.717, 1.165) is 12.0 Å². The van der Waals surface area contributed by atoms with Crippen LogP contribution in [0.15, 0.2) is 35.6 Å². The summed E-state index contributed by atoms with van der Waals surface area (Å²) in [6.45, 7) is 3.65. The topological polar surface area (TPSA) is 75.6 Å². The number of carboxylic acid groups (broad SMARTS) is 1. The van der Waals surface area contributed by atoms with Crippen molar-refractivity contribution in [3.05, 3.63) is 35.6 Å². The first-order valence-corrected chi connectivity index (χ1v) is 6.23. The molecule has 0 aliphatic heterocycles. The standard InChI is InChI=1S/C14H19NO4/c1-3-19-12(16)9-10(2)15-13(14(17)18)11-7-5-4-6-8-11/h4-5,8-9,13,15H,3,6-7H2,1-2H3,(H,17,18)/t13-/m1/s1. The Kier molecular flexibility index (Phi) is 5.85. The van der Waals surface area contributed by atoms with Gasteiger partial charge in [-0.3, -0.25) is 0 Å². The van der Waals surface area contributed by atoms with Crippen molar-refractivity contribution in [3.8, 4) is 0 Å². The molecule has 0 bridgehead atoms. The summed E-state index contributed by atoms with van der Waals surface area (Å²) < 4.78 is 4.77. The fourth-order valence-corrected chi connectivity index (χ4v) is 1.80. The van der Waals surface area contributed by atoms with Gasteiger partial charge in [0, 0.05) is 11.8 Å². The third-order valence-corrected chi connectivity index (χ3v) is 2.65. The number of hydrogen-bond acceptors (Lipinski definition) is 4. The minimum absolute atomic E-state index is 0.293. The summed E-state index contributed by atoms with van der Waals surface area (Å²) in [6, 6.07) is -0.810. The molecule has 5 nitrogen and oxygen atoms in total.